The van der Waals surface area contributed by atoms with Crippen LogP contribution in [-0.2, 0) is 6.42 Å². The van der Waals surface area contributed by atoms with Gasteiger partial charge in [0.1, 0.15) is 5.75 Å². The van der Waals surface area contributed by atoms with Crippen molar-refractivity contribution in [2.75, 3.05) is 19.6 Å². The fraction of sp³-hybridized carbons (Fsp3) is 0.261. The van der Waals surface area contributed by atoms with Gasteiger partial charge in [0.05, 0.1) is 11.7 Å². The number of aromatic nitrogens is 2. The van der Waals surface area contributed by atoms with Crippen molar-refractivity contribution in [3.05, 3.63) is 89.5 Å². The van der Waals surface area contributed by atoms with E-state index in [1.807, 2.05) is 61.7 Å². The molecule has 148 valence electrons. The number of amides is 1. The molecule has 1 unspecified atom stereocenters. The number of nitrogens with zero attached hydrogens (tertiary/aromatic N) is 3. The van der Waals surface area contributed by atoms with Crippen molar-refractivity contribution < 1.29 is 9.53 Å². The number of aryl methyl sites for hydroxylation is 1. The number of pyridine rings is 2. The van der Waals surface area contributed by atoms with Crippen LogP contribution in [0, 0.1) is 6.92 Å². The lowest BCUT2D eigenvalue weighted by atomic mass is 10.1. The average molecular weight is 388 g/mol. The summed E-state index contributed by atoms with van der Waals surface area (Å²) in [6.07, 6.45) is 4.01. The van der Waals surface area contributed by atoms with E-state index in [9.17, 15) is 4.79 Å². The van der Waals surface area contributed by atoms with Crippen LogP contribution in [0.3, 0.4) is 0 Å². The number of hydrogen-bond donors (Lipinski definition) is 1. The van der Waals surface area contributed by atoms with Crippen molar-refractivity contribution in [1.29, 1.82) is 0 Å². The first-order valence-electron chi connectivity index (χ1n) is 9.79. The number of ether oxygens (including phenoxy) is 1. The summed E-state index contributed by atoms with van der Waals surface area (Å²) < 4.78 is 5.64. The Morgan fingerprint density at radius 3 is 2.72 bits per heavy atom. The number of carbonyl (C=O) groups is 1. The first-order valence-corrected chi connectivity index (χ1v) is 9.79. The van der Waals surface area contributed by atoms with Crippen LogP contribution in [0.15, 0.2) is 67.0 Å². The number of benzene rings is 1. The molecular weight excluding hydrogens is 364 g/mol. The van der Waals surface area contributed by atoms with Gasteiger partial charge in [0, 0.05) is 44.1 Å². The normalized spacial score (nSPS) is 16.4. The third-order valence-corrected chi connectivity index (χ3v) is 4.99. The smallest absolute Gasteiger partial charge is 0.410 e. The van der Waals surface area contributed by atoms with Crippen molar-refractivity contribution in [3.63, 3.8) is 0 Å². The Balaban J connectivity index is 1.41. The lowest BCUT2D eigenvalue weighted by Gasteiger charge is -2.34. The van der Waals surface area contributed by atoms with E-state index < -0.39 is 0 Å². The predicted octanol–water partition coefficient (Wildman–Crippen LogP) is 3.52. The number of nitrogens with one attached hydrogen (secondary N) is 1. The molecule has 0 bridgehead atoms. The zero-order valence-electron chi connectivity index (χ0n) is 16.4. The molecule has 1 saturated heterocycles. The summed E-state index contributed by atoms with van der Waals surface area (Å²) in [6, 6.07) is 17.3. The molecule has 0 radical (unpaired) electrons. The summed E-state index contributed by atoms with van der Waals surface area (Å²) in [7, 11) is 0. The van der Waals surface area contributed by atoms with Crippen molar-refractivity contribution >= 4 is 6.09 Å². The first-order chi connectivity index (χ1) is 14.2. The van der Waals surface area contributed by atoms with E-state index in [0.717, 1.165) is 35.5 Å². The zero-order valence-corrected chi connectivity index (χ0v) is 16.4. The molecule has 2 aromatic heterocycles. The van der Waals surface area contributed by atoms with Crippen LogP contribution in [0.25, 0.3) is 0 Å². The highest BCUT2D eigenvalue weighted by molar-refractivity contribution is 5.71. The average Bonchev–Trinajstić information content (AvgIpc) is 2.77. The molecule has 1 fully saturated rings. The Labute approximate surface area is 170 Å². The second-order valence-corrected chi connectivity index (χ2v) is 7.18. The highest BCUT2D eigenvalue weighted by atomic mass is 16.6. The van der Waals surface area contributed by atoms with Gasteiger partial charge in [0.15, 0.2) is 0 Å². The van der Waals surface area contributed by atoms with Gasteiger partial charge in [-0.1, -0.05) is 24.3 Å². The molecule has 6 nitrogen and oxygen atoms in total. The fourth-order valence-electron chi connectivity index (χ4n) is 3.41. The quantitative estimate of drug-likeness (QED) is 0.741. The van der Waals surface area contributed by atoms with E-state index in [1.165, 1.54) is 0 Å². The molecule has 1 aliphatic rings. The third-order valence-electron chi connectivity index (χ3n) is 4.99. The van der Waals surface area contributed by atoms with Crippen LogP contribution in [0.2, 0.25) is 0 Å². The second-order valence-electron chi connectivity index (χ2n) is 7.18. The molecule has 0 spiro atoms. The van der Waals surface area contributed by atoms with Crippen LogP contribution >= 0.6 is 0 Å². The van der Waals surface area contributed by atoms with Crippen molar-refractivity contribution in [1.82, 2.24) is 20.2 Å². The van der Waals surface area contributed by atoms with Gasteiger partial charge >= 0.3 is 6.09 Å². The molecule has 4 rings (SSSR count). The van der Waals surface area contributed by atoms with E-state index in [-0.39, 0.29) is 12.1 Å². The van der Waals surface area contributed by atoms with Crippen LogP contribution in [-0.4, -0.2) is 40.6 Å². The maximum absolute atomic E-state index is 12.8. The van der Waals surface area contributed by atoms with E-state index in [4.69, 9.17) is 4.74 Å². The molecule has 1 aromatic carbocycles. The van der Waals surface area contributed by atoms with Crippen LogP contribution in [0.1, 0.15) is 28.6 Å². The molecule has 1 N–H and O–H groups in total. The number of carbonyl (C=O) groups excluding carboxylic acids is 1. The largest absolute Gasteiger partial charge is 0.415 e. The molecule has 1 aliphatic heterocycles. The highest BCUT2D eigenvalue weighted by Crippen LogP contribution is 2.23. The van der Waals surface area contributed by atoms with Crippen molar-refractivity contribution in [2.45, 2.75) is 19.4 Å². The maximum atomic E-state index is 12.8. The highest BCUT2D eigenvalue weighted by Gasteiger charge is 2.30. The summed E-state index contributed by atoms with van der Waals surface area (Å²) in [5.41, 5.74) is 4.14. The maximum Gasteiger partial charge on any atom is 0.415 e. The minimum Gasteiger partial charge on any atom is -0.410 e. The minimum absolute atomic E-state index is 0.135. The molecule has 1 amide bonds. The van der Waals surface area contributed by atoms with Gasteiger partial charge in [-0.15, -0.1) is 0 Å². The SMILES string of the molecule is Cc1ccc(Cc2ccc(OC(=O)N3CCNCC3c3ccccn3)cc2)nc1. The Bertz CT molecular complexity index is 943. The topological polar surface area (TPSA) is 67.3 Å². The Morgan fingerprint density at radius 1 is 1.14 bits per heavy atom. The molecule has 6 heteroatoms. The number of rotatable bonds is 4. The Kier molecular flexibility index (Phi) is 5.81. The molecular formula is C23H24N4O2. The molecule has 3 heterocycles. The van der Waals surface area contributed by atoms with Gasteiger partial charge in [-0.05, 0) is 48.4 Å². The monoisotopic (exact) mass is 388 g/mol. The van der Waals surface area contributed by atoms with Gasteiger partial charge < -0.3 is 10.1 Å². The summed E-state index contributed by atoms with van der Waals surface area (Å²) in [5, 5.41) is 3.32. The summed E-state index contributed by atoms with van der Waals surface area (Å²) >= 11 is 0. The molecule has 1 atom stereocenters. The molecule has 0 aliphatic carbocycles. The lowest BCUT2D eigenvalue weighted by Crippen LogP contribution is -2.49. The van der Waals surface area contributed by atoms with E-state index in [0.29, 0.717) is 18.8 Å². The Morgan fingerprint density at radius 2 is 2.00 bits per heavy atom. The zero-order chi connectivity index (χ0) is 20.1. The van der Waals surface area contributed by atoms with E-state index in [1.54, 1.807) is 11.1 Å². The van der Waals surface area contributed by atoms with Crippen LogP contribution < -0.4 is 10.1 Å². The summed E-state index contributed by atoms with van der Waals surface area (Å²) in [6.45, 7) is 4.00. The van der Waals surface area contributed by atoms with Crippen molar-refractivity contribution in [2.24, 2.45) is 0 Å². The molecule has 0 saturated carbocycles. The summed E-state index contributed by atoms with van der Waals surface area (Å²) in [5.74, 6) is 0.536. The molecule has 29 heavy (non-hydrogen) atoms. The van der Waals surface area contributed by atoms with E-state index in [2.05, 4.69) is 21.4 Å². The second kappa shape index (κ2) is 8.84. The third kappa shape index (κ3) is 4.78. The first kappa shape index (κ1) is 19.1. The summed E-state index contributed by atoms with van der Waals surface area (Å²) in [4.78, 5) is 23.4. The lowest BCUT2D eigenvalue weighted by molar-refractivity contribution is 0.117. The van der Waals surface area contributed by atoms with Gasteiger partial charge in [-0.25, -0.2) is 4.79 Å². The van der Waals surface area contributed by atoms with Crippen LogP contribution in [0.4, 0.5) is 4.79 Å². The van der Waals surface area contributed by atoms with Gasteiger partial charge in [-0.3, -0.25) is 14.9 Å². The van der Waals surface area contributed by atoms with Crippen LogP contribution in [0.5, 0.6) is 5.75 Å². The Hall–Kier alpha value is -3.25. The standard InChI is InChI=1S/C23H24N4O2/c1-17-5-8-19(26-15-17)14-18-6-9-20(10-7-18)29-23(28)27-13-12-24-16-22(27)21-4-2-3-11-25-21/h2-11,15,22,24H,12-14,16H2,1H3. The van der Waals surface area contributed by atoms with Gasteiger partial charge in [0.2, 0.25) is 0 Å². The van der Waals surface area contributed by atoms with Gasteiger partial charge in [-0.2, -0.15) is 0 Å². The van der Waals surface area contributed by atoms with E-state index >= 15 is 0 Å². The van der Waals surface area contributed by atoms with Gasteiger partial charge in [0.25, 0.3) is 0 Å². The fourth-order valence-corrected chi connectivity index (χ4v) is 3.41. The molecule has 3 aromatic rings. The van der Waals surface area contributed by atoms with Crippen molar-refractivity contribution in [3.8, 4) is 5.75 Å². The number of piperazine rings is 1. The minimum atomic E-state index is -0.352. The number of hydrogen-bond acceptors (Lipinski definition) is 5. The predicted molar refractivity (Wildman–Crippen MR) is 111 cm³/mol.